The SMILES string of the molecule is CN(C)C(=O)c1cc2cnc(Nc3ccc(N4CCN(CCOCCOCCNC(=O)COc5cccc6c5C(=O)N(C5CCC(=O)NC5=O)C6=O)CC4)cn3)nc2n1C1CCCC1. The number of rotatable bonds is 18. The molecule has 6 heterocycles. The predicted molar refractivity (Wildman–Crippen MR) is 232 cm³/mol. The third-order valence-electron chi connectivity index (χ3n) is 11.9. The number of hydrogen-bond acceptors (Lipinski definition) is 15. The van der Waals surface area contributed by atoms with Crippen molar-refractivity contribution in [2.45, 2.75) is 50.6 Å². The highest BCUT2D eigenvalue weighted by atomic mass is 16.5. The third-order valence-corrected chi connectivity index (χ3v) is 11.9. The molecule has 1 atom stereocenters. The number of imide groups is 2. The number of carbonyl (C=O) groups is 6. The Hall–Kier alpha value is -6.51. The number of nitrogens with zero attached hydrogens (tertiary/aromatic N) is 8. The normalized spacial score (nSPS) is 18.1. The van der Waals surface area contributed by atoms with E-state index in [0.29, 0.717) is 37.3 Å². The summed E-state index contributed by atoms with van der Waals surface area (Å²) in [4.78, 5) is 96.8. The van der Waals surface area contributed by atoms with Crippen LogP contribution in [0.25, 0.3) is 11.0 Å². The monoisotopic (exact) mass is 879 g/mol. The molecule has 1 aromatic carbocycles. The van der Waals surface area contributed by atoms with E-state index in [-0.39, 0.29) is 54.8 Å². The number of anilines is 3. The van der Waals surface area contributed by atoms with E-state index in [2.05, 4.69) is 40.3 Å². The van der Waals surface area contributed by atoms with Gasteiger partial charge in [0.25, 0.3) is 23.6 Å². The lowest BCUT2D eigenvalue weighted by Crippen LogP contribution is -2.54. The van der Waals surface area contributed by atoms with Gasteiger partial charge in [-0.3, -0.25) is 43.9 Å². The highest BCUT2D eigenvalue weighted by Crippen LogP contribution is 2.36. The summed E-state index contributed by atoms with van der Waals surface area (Å²) in [6.07, 6.45) is 7.99. The molecule has 2 saturated heterocycles. The fraction of sp³-hybridized carbons (Fsp3) is 0.477. The van der Waals surface area contributed by atoms with Crippen LogP contribution in [-0.2, 0) is 23.9 Å². The molecule has 4 aromatic rings. The molecule has 20 nitrogen and oxygen atoms in total. The first-order valence-electron chi connectivity index (χ1n) is 21.8. The van der Waals surface area contributed by atoms with Gasteiger partial charge in [-0.25, -0.2) is 9.97 Å². The van der Waals surface area contributed by atoms with Gasteiger partial charge in [0.15, 0.2) is 6.61 Å². The number of piperidine rings is 1. The van der Waals surface area contributed by atoms with Crippen molar-refractivity contribution in [3.63, 3.8) is 0 Å². The van der Waals surface area contributed by atoms with Crippen LogP contribution < -0.4 is 25.6 Å². The molecule has 3 N–H and O–H groups in total. The first kappa shape index (κ1) is 44.1. The number of nitrogens with one attached hydrogen (secondary N) is 3. The second kappa shape index (κ2) is 19.9. The van der Waals surface area contributed by atoms with E-state index in [1.54, 1.807) is 25.2 Å². The number of benzene rings is 1. The van der Waals surface area contributed by atoms with Crippen molar-refractivity contribution in [2.24, 2.45) is 0 Å². The van der Waals surface area contributed by atoms with Crippen LogP contribution in [0, 0.1) is 0 Å². The molecule has 3 aromatic heterocycles. The minimum atomic E-state index is -1.10. The van der Waals surface area contributed by atoms with Crippen molar-refractivity contribution in [3.05, 3.63) is 65.6 Å². The molecule has 64 heavy (non-hydrogen) atoms. The van der Waals surface area contributed by atoms with Crippen molar-refractivity contribution >= 4 is 63.9 Å². The van der Waals surface area contributed by atoms with Gasteiger partial charge in [-0.05, 0) is 49.6 Å². The van der Waals surface area contributed by atoms with Gasteiger partial charge in [0.2, 0.25) is 17.8 Å². The molecule has 1 unspecified atom stereocenters. The van der Waals surface area contributed by atoms with Crippen LogP contribution in [0.15, 0.2) is 48.8 Å². The molecular weight excluding hydrogens is 827 g/mol. The summed E-state index contributed by atoms with van der Waals surface area (Å²) in [5.74, 6) is -1.89. The minimum Gasteiger partial charge on any atom is -0.483 e. The first-order chi connectivity index (χ1) is 31.0. The molecule has 4 aliphatic rings. The molecular formula is C44H53N11O9. The van der Waals surface area contributed by atoms with Crippen LogP contribution in [0.4, 0.5) is 17.5 Å². The molecule has 20 heteroatoms. The lowest BCUT2D eigenvalue weighted by Gasteiger charge is -2.35. The maximum atomic E-state index is 13.2. The first-order valence-corrected chi connectivity index (χ1v) is 21.8. The third kappa shape index (κ3) is 9.83. The number of piperazine rings is 1. The largest absolute Gasteiger partial charge is 0.483 e. The van der Waals surface area contributed by atoms with E-state index >= 15 is 0 Å². The van der Waals surface area contributed by atoms with Crippen molar-refractivity contribution < 1.29 is 43.0 Å². The Labute approximate surface area is 369 Å². The second-order valence-corrected chi connectivity index (χ2v) is 16.4. The van der Waals surface area contributed by atoms with E-state index in [0.717, 1.165) is 80.0 Å². The zero-order valence-corrected chi connectivity index (χ0v) is 36.0. The molecule has 0 spiro atoms. The van der Waals surface area contributed by atoms with Crippen LogP contribution >= 0.6 is 0 Å². The number of aromatic nitrogens is 4. The van der Waals surface area contributed by atoms with Gasteiger partial charge in [-0.1, -0.05) is 18.9 Å². The van der Waals surface area contributed by atoms with Gasteiger partial charge >= 0.3 is 0 Å². The van der Waals surface area contributed by atoms with E-state index in [1.807, 2.05) is 24.4 Å². The minimum absolute atomic E-state index is 0.0121. The Morgan fingerprint density at radius 3 is 2.41 bits per heavy atom. The molecule has 3 aliphatic heterocycles. The molecule has 1 aliphatic carbocycles. The van der Waals surface area contributed by atoms with Crippen LogP contribution in [-0.4, -0.2) is 162 Å². The Morgan fingerprint density at radius 1 is 0.891 bits per heavy atom. The molecule has 8 rings (SSSR count). The van der Waals surface area contributed by atoms with Crippen molar-refractivity contribution in [1.82, 2.24) is 44.9 Å². The summed E-state index contributed by atoms with van der Waals surface area (Å²) in [6, 6.07) is 9.47. The highest BCUT2D eigenvalue weighted by Gasteiger charge is 2.46. The van der Waals surface area contributed by atoms with Gasteiger partial charge in [0.1, 0.15) is 29.0 Å². The number of fused-ring (bicyclic) bond motifs is 2. The highest BCUT2D eigenvalue weighted by molar-refractivity contribution is 6.24. The summed E-state index contributed by atoms with van der Waals surface area (Å²) in [6.45, 7) is 5.71. The van der Waals surface area contributed by atoms with Crippen molar-refractivity contribution in [3.8, 4) is 5.75 Å². The van der Waals surface area contributed by atoms with E-state index < -0.39 is 42.2 Å². The maximum Gasteiger partial charge on any atom is 0.270 e. The van der Waals surface area contributed by atoms with Crippen molar-refractivity contribution in [2.75, 3.05) is 96.6 Å². The lowest BCUT2D eigenvalue weighted by atomic mass is 10.0. The molecule has 1 saturated carbocycles. The predicted octanol–water partition coefficient (Wildman–Crippen LogP) is 2.14. The zero-order chi connectivity index (χ0) is 44.7. The van der Waals surface area contributed by atoms with E-state index in [9.17, 15) is 28.8 Å². The summed E-state index contributed by atoms with van der Waals surface area (Å²) in [5.41, 5.74) is 2.48. The van der Waals surface area contributed by atoms with Crippen molar-refractivity contribution in [1.29, 1.82) is 0 Å². The fourth-order valence-corrected chi connectivity index (χ4v) is 8.56. The maximum absolute atomic E-state index is 13.2. The van der Waals surface area contributed by atoms with E-state index in [4.69, 9.17) is 19.2 Å². The smallest absolute Gasteiger partial charge is 0.270 e. The summed E-state index contributed by atoms with van der Waals surface area (Å²) < 4.78 is 19.1. The molecule has 0 radical (unpaired) electrons. The molecule has 0 bridgehead atoms. The number of carbonyl (C=O) groups excluding carboxylic acids is 6. The standard InChI is InChI=1S/C44H53N11O9/c1-51(2)42(60)33-24-28-25-47-44(50-39(28)54(33)29-6-3-4-7-29)48-35-12-10-30(26-46-35)53-17-15-52(16-18-53)19-21-63-23-22-62-20-14-45-37(57)27-64-34-9-5-8-31-38(34)43(61)55(41(31)59)32-11-13-36(56)49-40(32)58/h5,8-10,12,24-26,29,32H,3-4,6-7,11,13-23,27H2,1-2H3,(H,45,57)(H,49,56,58)(H,46,47,48,50). The quantitative estimate of drug-likeness (QED) is 0.0963. The van der Waals surface area contributed by atoms with Crippen LogP contribution in [0.2, 0.25) is 0 Å². The number of hydrogen-bond donors (Lipinski definition) is 3. The second-order valence-electron chi connectivity index (χ2n) is 16.4. The molecule has 3 fully saturated rings. The molecule has 338 valence electrons. The van der Waals surface area contributed by atoms with Crippen LogP contribution in [0.3, 0.4) is 0 Å². The number of ether oxygens (including phenoxy) is 3. The lowest BCUT2D eigenvalue weighted by molar-refractivity contribution is -0.136. The van der Waals surface area contributed by atoms with E-state index in [1.165, 1.54) is 18.2 Å². The Balaban J connectivity index is 0.692. The Morgan fingerprint density at radius 2 is 1.67 bits per heavy atom. The molecule has 6 amide bonds. The summed E-state index contributed by atoms with van der Waals surface area (Å²) >= 11 is 0. The number of pyridine rings is 1. The fourth-order valence-electron chi connectivity index (χ4n) is 8.56. The van der Waals surface area contributed by atoms with Gasteiger partial charge in [0.05, 0.1) is 49.4 Å². The van der Waals surface area contributed by atoms with Gasteiger partial charge in [-0.2, -0.15) is 4.98 Å². The number of amides is 6. The van der Waals surface area contributed by atoms with Crippen LogP contribution in [0.5, 0.6) is 5.75 Å². The van der Waals surface area contributed by atoms with Gasteiger partial charge < -0.3 is 39.2 Å². The summed E-state index contributed by atoms with van der Waals surface area (Å²) in [7, 11) is 3.53. The zero-order valence-electron chi connectivity index (χ0n) is 36.0. The Kier molecular flexibility index (Phi) is 13.7. The van der Waals surface area contributed by atoms with Crippen LogP contribution in [0.1, 0.15) is 75.8 Å². The van der Waals surface area contributed by atoms with Gasteiger partial charge in [0, 0.05) is 77.4 Å². The topological polar surface area (TPSA) is 223 Å². The summed E-state index contributed by atoms with van der Waals surface area (Å²) in [5, 5.41) is 8.95. The average molecular weight is 880 g/mol. The van der Waals surface area contributed by atoms with Gasteiger partial charge in [-0.15, -0.1) is 0 Å². The Bertz CT molecular complexity index is 2390. The average Bonchev–Trinajstić information content (AvgIpc) is 4.02.